The average molecular weight is 444 g/mol. The van der Waals surface area contributed by atoms with Gasteiger partial charge >= 0.3 is 0 Å². The highest BCUT2D eigenvalue weighted by Gasteiger charge is 2.31. The van der Waals surface area contributed by atoms with Crippen LogP contribution in [-0.2, 0) is 4.79 Å². The van der Waals surface area contributed by atoms with Gasteiger partial charge in [-0.3, -0.25) is 9.59 Å². The number of ether oxygens (including phenoxy) is 1. The first-order valence-corrected chi connectivity index (χ1v) is 10.3. The molecule has 33 heavy (non-hydrogen) atoms. The van der Waals surface area contributed by atoms with Crippen molar-refractivity contribution in [2.45, 2.75) is 19.9 Å². The zero-order chi connectivity index (χ0) is 23.7. The predicted octanol–water partition coefficient (Wildman–Crippen LogP) is 3.53. The second kappa shape index (κ2) is 8.71. The smallest absolute Gasteiger partial charge is 0.270 e. The van der Waals surface area contributed by atoms with Crippen LogP contribution in [0, 0.1) is 31.0 Å². The Hall–Kier alpha value is -4.25. The number of amides is 2. The summed E-state index contributed by atoms with van der Waals surface area (Å²) in [4.78, 5) is 31.7. The van der Waals surface area contributed by atoms with Crippen LogP contribution in [0.3, 0.4) is 0 Å². The molecule has 1 aromatic heterocycles. The summed E-state index contributed by atoms with van der Waals surface area (Å²) >= 11 is 0. The molecule has 0 fully saturated rings. The first-order valence-electron chi connectivity index (χ1n) is 10.3. The van der Waals surface area contributed by atoms with Gasteiger partial charge in [-0.2, -0.15) is 5.26 Å². The van der Waals surface area contributed by atoms with E-state index in [1.807, 2.05) is 13.0 Å². The molecule has 1 aliphatic rings. The number of aryl methyl sites for hydroxylation is 2. The van der Waals surface area contributed by atoms with Gasteiger partial charge in [0.25, 0.3) is 11.8 Å². The van der Waals surface area contributed by atoms with Crippen molar-refractivity contribution in [1.82, 2.24) is 10.3 Å². The van der Waals surface area contributed by atoms with Gasteiger partial charge in [0.1, 0.15) is 29.9 Å². The minimum atomic E-state index is -0.970. The lowest BCUT2D eigenvalue weighted by Gasteiger charge is -2.20. The molecule has 0 saturated heterocycles. The Balaban J connectivity index is 1.59. The van der Waals surface area contributed by atoms with Crippen molar-refractivity contribution in [3.05, 3.63) is 76.7 Å². The number of nitriles is 1. The molecule has 8 heteroatoms. The molecule has 0 radical (unpaired) electrons. The van der Waals surface area contributed by atoms with E-state index in [2.05, 4.69) is 10.3 Å². The van der Waals surface area contributed by atoms with Crippen molar-refractivity contribution in [3.63, 3.8) is 0 Å². The van der Waals surface area contributed by atoms with Crippen LogP contribution in [0.25, 0.3) is 11.3 Å². The Morgan fingerprint density at radius 2 is 2.00 bits per heavy atom. The van der Waals surface area contributed by atoms with Gasteiger partial charge in [0, 0.05) is 18.7 Å². The molecule has 7 nitrogen and oxygen atoms in total. The molecule has 1 aliphatic heterocycles. The third-order valence-electron chi connectivity index (χ3n) is 5.50. The highest BCUT2D eigenvalue weighted by Crippen LogP contribution is 2.31. The van der Waals surface area contributed by atoms with E-state index in [-0.39, 0.29) is 18.2 Å². The molecule has 2 aromatic carbocycles. The maximum absolute atomic E-state index is 14.4. The minimum Gasteiger partial charge on any atom is -0.489 e. The third kappa shape index (κ3) is 4.26. The molecule has 2 amide bonds. The average Bonchev–Trinajstić information content (AvgIpc) is 2.92. The van der Waals surface area contributed by atoms with E-state index in [1.54, 1.807) is 50.4 Å². The molecule has 1 N–H and O–H groups in total. The largest absolute Gasteiger partial charge is 0.489 e. The van der Waals surface area contributed by atoms with E-state index in [0.29, 0.717) is 33.8 Å². The fourth-order valence-corrected chi connectivity index (χ4v) is 3.66. The molecular weight excluding hydrogens is 423 g/mol. The molecule has 0 unspecified atom stereocenters. The Morgan fingerprint density at radius 3 is 2.76 bits per heavy atom. The lowest BCUT2D eigenvalue weighted by molar-refractivity contribution is -0.120. The zero-order valence-corrected chi connectivity index (χ0v) is 18.3. The standard InChI is InChI=1S/C25H21FN4O3/c1-14-4-7-18(26)17(10-14)23-15(2)5-8-19(28-23)24(31)29-20-13-33-22-11-16(12-27)6-9-21(22)30(3)25(20)32/h4-11,20H,13H2,1-3H3,(H,29,31)/t20-/m0/s1. The van der Waals surface area contributed by atoms with Gasteiger partial charge in [0.2, 0.25) is 0 Å². The van der Waals surface area contributed by atoms with Crippen molar-refractivity contribution in [2.24, 2.45) is 0 Å². The van der Waals surface area contributed by atoms with Crippen LogP contribution >= 0.6 is 0 Å². The molecule has 0 spiro atoms. The van der Waals surface area contributed by atoms with Crippen LogP contribution in [0.1, 0.15) is 27.2 Å². The lowest BCUT2D eigenvalue weighted by atomic mass is 10.0. The van der Waals surface area contributed by atoms with Crippen molar-refractivity contribution in [1.29, 1.82) is 5.26 Å². The number of carbonyl (C=O) groups is 2. The third-order valence-corrected chi connectivity index (χ3v) is 5.50. The van der Waals surface area contributed by atoms with E-state index in [1.165, 1.54) is 17.0 Å². The number of rotatable bonds is 3. The molecule has 0 bridgehead atoms. The van der Waals surface area contributed by atoms with Crippen LogP contribution in [-0.4, -0.2) is 36.5 Å². The Labute approximate surface area is 190 Å². The van der Waals surface area contributed by atoms with Gasteiger partial charge in [-0.25, -0.2) is 9.37 Å². The number of likely N-dealkylation sites (N-methyl/N-ethyl adjacent to an activating group) is 1. The van der Waals surface area contributed by atoms with Gasteiger partial charge in [-0.15, -0.1) is 0 Å². The minimum absolute atomic E-state index is 0.0560. The number of aromatic nitrogens is 1. The molecule has 0 saturated carbocycles. The maximum atomic E-state index is 14.4. The summed E-state index contributed by atoms with van der Waals surface area (Å²) in [6.07, 6.45) is 0. The summed E-state index contributed by atoms with van der Waals surface area (Å²) in [6.45, 7) is 3.53. The number of nitrogens with zero attached hydrogens (tertiary/aromatic N) is 3. The molecule has 166 valence electrons. The van der Waals surface area contributed by atoms with Crippen LogP contribution < -0.4 is 15.0 Å². The number of anilines is 1. The lowest BCUT2D eigenvalue weighted by Crippen LogP contribution is -2.49. The summed E-state index contributed by atoms with van der Waals surface area (Å²) < 4.78 is 20.2. The summed E-state index contributed by atoms with van der Waals surface area (Å²) in [5.41, 5.74) is 3.21. The normalized spacial score (nSPS) is 15.2. The quantitative estimate of drug-likeness (QED) is 0.667. The van der Waals surface area contributed by atoms with E-state index >= 15 is 0 Å². The van der Waals surface area contributed by atoms with Crippen molar-refractivity contribution < 1.29 is 18.7 Å². The summed E-state index contributed by atoms with van der Waals surface area (Å²) in [5.74, 6) is -1.00. The second-order valence-electron chi connectivity index (χ2n) is 7.87. The second-order valence-corrected chi connectivity index (χ2v) is 7.87. The monoisotopic (exact) mass is 444 g/mol. The molecule has 0 aliphatic carbocycles. The fraction of sp³-hybridized carbons (Fsp3) is 0.200. The van der Waals surface area contributed by atoms with Gasteiger partial charge in [0.15, 0.2) is 0 Å². The number of nitrogens with one attached hydrogen (secondary N) is 1. The van der Waals surface area contributed by atoms with Crippen molar-refractivity contribution in [3.8, 4) is 23.1 Å². The number of hydrogen-bond donors (Lipinski definition) is 1. The maximum Gasteiger partial charge on any atom is 0.270 e. The summed E-state index contributed by atoms with van der Waals surface area (Å²) in [5, 5.41) is 11.8. The van der Waals surface area contributed by atoms with Crippen LogP contribution in [0.4, 0.5) is 10.1 Å². The Morgan fingerprint density at radius 1 is 1.21 bits per heavy atom. The summed E-state index contributed by atoms with van der Waals surface area (Å²) in [7, 11) is 1.57. The molecular formula is C25H21FN4O3. The molecule has 4 rings (SSSR count). The molecule has 3 aromatic rings. The van der Waals surface area contributed by atoms with E-state index in [9.17, 15) is 14.0 Å². The van der Waals surface area contributed by atoms with Crippen LogP contribution in [0.5, 0.6) is 5.75 Å². The number of pyridine rings is 1. The van der Waals surface area contributed by atoms with Crippen LogP contribution in [0.2, 0.25) is 0 Å². The zero-order valence-electron chi connectivity index (χ0n) is 18.3. The van der Waals surface area contributed by atoms with E-state index < -0.39 is 17.8 Å². The van der Waals surface area contributed by atoms with Gasteiger partial charge < -0.3 is 15.0 Å². The topological polar surface area (TPSA) is 95.3 Å². The SMILES string of the molecule is Cc1ccc(F)c(-c2nc(C(=O)N[C@H]3COc4cc(C#N)ccc4N(C)C3=O)ccc2C)c1. The number of benzene rings is 2. The van der Waals surface area contributed by atoms with Crippen molar-refractivity contribution >= 4 is 17.5 Å². The van der Waals surface area contributed by atoms with Gasteiger partial charge in [0.05, 0.1) is 23.0 Å². The fourth-order valence-electron chi connectivity index (χ4n) is 3.66. The number of halogens is 1. The Kier molecular flexibility index (Phi) is 5.80. The molecule has 1 atom stereocenters. The first-order chi connectivity index (χ1) is 15.8. The number of carbonyl (C=O) groups excluding carboxylic acids is 2. The van der Waals surface area contributed by atoms with E-state index in [0.717, 1.165) is 5.56 Å². The van der Waals surface area contributed by atoms with Gasteiger partial charge in [-0.1, -0.05) is 17.7 Å². The van der Waals surface area contributed by atoms with Gasteiger partial charge in [-0.05, 0) is 49.7 Å². The number of hydrogen-bond acceptors (Lipinski definition) is 5. The van der Waals surface area contributed by atoms with E-state index in [4.69, 9.17) is 10.00 Å². The summed E-state index contributed by atoms with van der Waals surface area (Å²) in [6, 6.07) is 13.8. The highest BCUT2D eigenvalue weighted by atomic mass is 19.1. The molecule has 2 heterocycles. The Bertz CT molecular complexity index is 1320. The van der Waals surface area contributed by atoms with Crippen molar-refractivity contribution in [2.75, 3.05) is 18.6 Å². The number of fused-ring (bicyclic) bond motifs is 1. The first kappa shape index (κ1) is 22.0. The predicted molar refractivity (Wildman–Crippen MR) is 120 cm³/mol. The van der Waals surface area contributed by atoms with Crippen LogP contribution in [0.15, 0.2) is 48.5 Å². The highest BCUT2D eigenvalue weighted by molar-refractivity contribution is 6.03.